The quantitative estimate of drug-likeness (QED) is 0.633. The van der Waals surface area contributed by atoms with Crippen LogP contribution in [0.5, 0.6) is 0 Å². The predicted molar refractivity (Wildman–Crippen MR) is 58.6 cm³/mol. The second-order valence-corrected chi connectivity index (χ2v) is 5.81. The van der Waals surface area contributed by atoms with E-state index in [2.05, 4.69) is 0 Å². The van der Waals surface area contributed by atoms with Gasteiger partial charge in [0.2, 0.25) is 5.78 Å². The summed E-state index contributed by atoms with van der Waals surface area (Å²) in [5.41, 5.74) is 0. The number of carbonyl (C=O) groups is 1. The van der Waals surface area contributed by atoms with Gasteiger partial charge in [0, 0.05) is 0 Å². The molecule has 3 heterocycles. The molecule has 3 aliphatic heterocycles. The second kappa shape index (κ2) is 3.52. The number of hydrogen-bond donors (Lipinski definition) is 0. The van der Waals surface area contributed by atoms with E-state index in [4.69, 9.17) is 23.7 Å². The predicted octanol–water partition coefficient (Wildman–Crippen LogP) is 0.585. The molecule has 6 heteroatoms. The molecule has 3 atom stereocenters. The number of carbonyl (C=O) groups excluding carboxylic acids is 1. The smallest absolute Gasteiger partial charge is 0.258 e. The molecule has 0 bridgehead atoms. The van der Waals surface area contributed by atoms with Gasteiger partial charge in [-0.05, 0) is 27.7 Å². The van der Waals surface area contributed by atoms with Gasteiger partial charge < -0.3 is 23.7 Å². The van der Waals surface area contributed by atoms with E-state index >= 15 is 0 Å². The molecular formula is C12H18O6. The Bertz CT molecular complexity index is 388. The van der Waals surface area contributed by atoms with E-state index < -0.39 is 23.5 Å². The summed E-state index contributed by atoms with van der Waals surface area (Å²) in [4.78, 5) is 12.5. The van der Waals surface area contributed by atoms with Crippen LogP contribution in [0.1, 0.15) is 27.7 Å². The molecule has 0 aromatic heterocycles. The van der Waals surface area contributed by atoms with E-state index in [0.717, 1.165) is 0 Å². The molecule has 0 aromatic rings. The van der Waals surface area contributed by atoms with Crippen molar-refractivity contribution in [3.8, 4) is 0 Å². The highest BCUT2D eigenvalue weighted by Gasteiger charge is 2.62. The first-order valence-electron chi connectivity index (χ1n) is 6.11. The highest BCUT2D eigenvalue weighted by Crippen LogP contribution is 2.41. The maximum Gasteiger partial charge on any atom is 0.258 e. The van der Waals surface area contributed by atoms with Crippen LogP contribution in [0.3, 0.4) is 0 Å². The molecule has 0 saturated carbocycles. The zero-order valence-corrected chi connectivity index (χ0v) is 11.0. The minimum absolute atomic E-state index is 0.0891. The molecule has 3 saturated heterocycles. The SMILES string of the molecule is CC1(C)O[C@@H]2COC3(COC(C)(C)O3)C(=O)[C@@H]2O1. The Morgan fingerprint density at radius 2 is 1.78 bits per heavy atom. The lowest BCUT2D eigenvalue weighted by molar-refractivity contribution is -0.263. The van der Waals surface area contributed by atoms with Crippen molar-refractivity contribution in [1.29, 1.82) is 0 Å². The van der Waals surface area contributed by atoms with Crippen molar-refractivity contribution in [2.24, 2.45) is 0 Å². The Labute approximate surface area is 105 Å². The fourth-order valence-corrected chi connectivity index (χ4v) is 2.60. The zero-order valence-electron chi connectivity index (χ0n) is 11.0. The number of hydrogen-bond acceptors (Lipinski definition) is 6. The van der Waals surface area contributed by atoms with Crippen LogP contribution in [0.2, 0.25) is 0 Å². The van der Waals surface area contributed by atoms with E-state index in [0.29, 0.717) is 0 Å². The molecule has 3 rings (SSSR count). The van der Waals surface area contributed by atoms with Crippen LogP contribution in [0, 0.1) is 0 Å². The largest absolute Gasteiger partial charge is 0.344 e. The average molecular weight is 258 g/mol. The summed E-state index contributed by atoms with van der Waals surface area (Å²) in [6.07, 6.45) is -1.02. The molecule has 102 valence electrons. The molecule has 1 unspecified atom stereocenters. The molecule has 3 aliphatic rings. The van der Waals surface area contributed by atoms with Gasteiger partial charge in [0.25, 0.3) is 5.79 Å². The number of Topliss-reactive ketones (excluding diaryl/α,β-unsaturated/α-hetero) is 1. The average Bonchev–Trinajstić information content (AvgIpc) is 2.71. The van der Waals surface area contributed by atoms with E-state index in [9.17, 15) is 4.79 Å². The highest BCUT2D eigenvalue weighted by molar-refractivity contribution is 5.92. The minimum atomic E-state index is -1.34. The van der Waals surface area contributed by atoms with Crippen LogP contribution >= 0.6 is 0 Å². The van der Waals surface area contributed by atoms with Crippen molar-refractivity contribution in [2.75, 3.05) is 13.2 Å². The molecule has 0 amide bonds. The lowest BCUT2D eigenvalue weighted by Gasteiger charge is -2.35. The molecule has 0 N–H and O–H groups in total. The van der Waals surface area contributed by atoms with Gasteiger partial charge in [-0.2, -0.15) is 0 Å². The lowest BCUT2D eigenvalue weighted by Crippen LogP contribution is -2.58. The molecular weight excluding hydrogens is 240 g/mol. The summed E-state index contributed by atoms with van der Waals surface area (Å²) in [6.45, 7) is 7.41. The Hall–Kier alpha value is -0.530. The number of ketones is 1. The number of fused-ring (bicyclic) bond motifs is 1. The topological polar surface area (TPSA) is 63.2 Å². The maximum atomic E-state index is 12.5. The zero-order chi connectivity index (χ0) is 13.2. The van der Waals surface area contributed by atoms with Gasteiger partial charge in [0.05, 0.1) is 6.61 Å². The van der Waals surface area contributed by atoms with Gasteiger partial charge >= 0.3 is 0 Å². The van der Waals surface area contributed by atoms with Crippen LogP contribution in [-0.4, -0.2) is 48.6 Å². The summed E-state index contributed by atoms with van der Waals surface area (Å²) < 4.78 is 27.9. The van der Waals surface area contributed by atoms with Gasteiger partial charge in [-0.15, -0.1) is 0 Å². The first-order valence-corrected chi connectivity index (χ1v) is 6.11. The van der Waals surface area contributed by atoms with Crippen molar-refractivity contribution in [3.63, 3.8) is 0 Å². The Morgan fingerprint density at radius 3 is 2.39 bits per heavy atom. The van der Waals surface area contributed by atoms with E-state index in [1.54, 1.807) is 27.7 Å². The monoisotopic (exact) mass is 258 g/mol. The van der Waals surface area contributed by atoms with Gasteiger partial charge in [0.15, 0.2) is 17.7 Å². The standard InChI is InChI=1S/C12H18O6/c1-10(2)15-6-12(18-10)9(13)8-7(5-14-12)16-11(3,4)17-8/h7-8H,5-6H2,1-4H3/t7-,8-,12?/m1/s1. The van der Waals surface area contributed by atoms with Crippen LogP contribution in [-0.2, 0) is 28.5 Å². The van der Waals surface area contributed by atoms with E-state index in [1.807, 2.05) is 0 Å². The van der Waals surface area contributed by atoms with Gasteiger partial charge in [-0.25, -0.2) is 0 Å². The summed E-state index contributed by atoms with van der Waals surface area (Å²) in [6, 6.07) is 0. The fourth-order valence-electron chi connectivity index (χ4n) is 2.60. The molecule has 1 spiro atoms. The van der Waals surface area contributed by atoms with Gasteiger partial charge in [0.1, 0.15) is 12.7 Å². The third-order valence-electron chi connectivity index (χ3n) is 3.32. The normalized spacial score (nSPS) is 45.4. The van der Waals surface area contributed by atoms with E-state index in [-0.39, 0.29) is 25.1 Å². The fraction of sp³-hybridized carbons (Fsp3) is 0.917. The van der Waals surface area contributed by atoms with Crippen LogP contribution in [0.15, 0.2) is 0 Å². The summed E-state index contributed by atoms with van der Waals surface area (Å²) in [5.74, 6) is -3.18. The van der Waals surface area contributed by atoms with Gasteiger partial charge in [-0.3, -0.25) is 4.79 Å². The number of ether oxygens (including phenoxy) is 5. The van der Waals surface area contributed by atoms with E-state index in [1.165, 1.54) is 0 Å². The summed E-state index contributed by atoms with van der Waals surface area (Å²) >= 11 is 0. The first-order chi connectivity index (χ1) is 8.23. The third kappa shape index (κ3) is 1.80. The molecule has 0 aromatic carbocycles. The summed E-state index contributed by atoms with van der Waals surface area (Å²) in [5, 5.41) is 0. The van der Waals surface area contributed by atoms with Crippen molar-refractivity contribution in [1.82, 2.24) is 0 Å². The molecule has 6 nitrogen and oxygen atoms in total. The van der Waals surface area contributed by atoms with Crippen molar-refractivity contribution in [2.45, 2.75) is 57.3 Å². The lowest BCUT2D eigenvalue weighted by atomic mass is 9.99. The molecule has 0 aliphatic carbocycles. The Balaban J connectivity index is 1.84. The highest BCUT2D eigenvalue weighted by atomic mass is 16.8. The van der Waals surface area contributed by atoms with Crippen LogP contribution in [0.25, 0.3) is 0 Å². The molecule has 0 radical (unpaired) electrons. The van der Waals surface area contributed by atoms with Crippen molar-refractivity contribution < 1.29 is 28.5 Å². The molecule has 3 fully saturated rings. The van der Waals surface area contributed by atoms with Crippen molar-refractivity contribution >= 4 is 5.78 Å². The number of rotatable bonds is 0. The first kappa shape index (κ1) is 12.5. The third-order valence-corrected chi connectivity index (χ3v) is 3.32. The van der Waals surface area contributed by atoms with Crippen molar-refractivity contribution in [3.05, 3.63) is 0 Å². The van der Waals surface area contributed by atoms with Crippen LogP contribution < -0.4 is 0 Å². The maximum absolute atomic E-state index is 12.5. The van der Waals surface area contributed by atoms with Gasteiger partial charge in [-0.1, -0.05) is 0 Å². The van der Waals surface area contributed by atoms with Crippen LogP contribution in [0.4, 0.5) is 0 Å². The Morgan fingerprint density at radius 1 is 1.06 bits per heavy atom. The Kier molecular flexibility index (Phi) is 2.44. The minimum Gasteiger partial charge on any atom is -0.344 e. The summed E-state index contributed by atoms with van der Waals surface area (Å²) in [7, 11) is 0. The molecule has 18 heavy (non-hydrogen) atoms. The second-order valence-electron chi connectivity index (χ2n) is 5.81.